The van der Waals surface area contributed by atoms with E-state index in [-0.39, 0.29) is 6.42 Å². The molecule has 1 saturated heterocycles. The van der Waals surface area contributed by atoms with E-state index >= 15 is 0 Å². The van der Waals surface area contributed by atoms with E-state index in [9.17, 15) is 19.2 Å². The molecule has 21 heavy (non-hydrogen) atoms. The molecule has 0 radical (unpaired) electrons. The standard InChI is InChI=1S/C13H19N3O5/c1-12(2)10(20)16(11(21)15-12)7-8(17)14-13(4-3-5-13)6-9(18)19/h3-7H2,1-2H3,(H,14,17)(H,15,21)(H,18,19). The van der Waals surface area contributed by atoms with Gasteiger partial charge in [-0.25, -0.2) is 4.79 Å². The molecule has 0 spiro atoms. The molecule has 0 aromatic heterocycles. The molecule has 116 valence electrons. The molecule has 2 aliphatic rings. The van der Waals surface area contributed by atoms with Crippen LogP contribution in [0.1, 0.15) is 39.5 Å². The van der Waals surface area contributed by atoms with E-state index in [2.05, 4.69) is 10.6 Å². The summed E-state index contributed by atoms with van der Waals surface area (Å²) in [5, 5.41) is 14.0. The number of carbonyl (C=O) groups is 4. The second-order valence-corrected chi connectivity index (χ2v) is 6.20. The van der Waals surface area contributed by atoms with E-state index in [0.717, 1.165) is 11.3 Å². The molecule has 2 fully saturated rings. The minimum absolute atomic E-state index is 0.148. The lowest BCUT2D eigenvalue weighted by Crippen LogP contribution is -2.57. The number of nitrogens with zero attached hydrogens (tertiary/aromatic N) is 1. The van der Waals surface area contributed by atoms with Gasteiger partial charge in [-0.1, -0.05) is 0 Å². The van der Waals surface area contributed by atoms with Crippen LogP contribution >= 0.6 is 0 Å². The summed E-state index contributed by atoms with van der Waals surface area (Å²) in [6.45, 7) is 2.72. The largest absolute Gasteiger partial charge is 0.481 e. The van der Waals surface area contributed by atoms with E-state index in [4.69, 9.17) is 5.11 Å². The van der Waals surface area contributed by atoms with Crippen LogP contribution in [-0.2, 0) is 14.4 Å². The van der Waals surface area contributed by atoms with Crippen LogP contribution in [0.2, 0.25) is 0 Å². The number of aliphatic carboxylic acids is 1. The zero-order chi connectivity index (χ0) is 15.8. The van der Waals surface area contributed by atoms with Crippen molar-refractivity contribution < 1.29 is 24.3 Å². The fourth-order valence-corrected chi connectivity index (χ4v) is 2.68. The Morgan fingerprint density at radius 1 is 1.33 bits per heavy atom. The van der Waals surface area contributed by atoms with Crippen molar-refractivity contribution in [3.05, 3.63) is 0 Å². The fourth-order valence-electron chi connectivity index (χ4n) is 2.68. The van der Waals surface area contributed by atoms with Crippen molar-refractivity contribution in [2.75, 3.05) is 6.54 Å². The SMILES string of the molecule is CC1(C)NC(=O)N(CC(=O)NC2(CC(=O)O)CCC2)C1=O. The van der Waals surface area contributed by atoms with Crippen molar-refractivity contribution in [2.24, 2.45) is 0 Å². The maximum Gasteiger partial charge on any atom is 0.325 e. The molecular weight excluding hydrogens is 278 g/mol. The smallest absolute Gasteiger partial charge is 0.325 e. The Bertz CT molecular complexity index is 510. The van der Waals surface area contributed by atoms with Gasteiger partial charge in [0.05, 0.1) is 12.0 Å². The topological polar surface area (TPSA) is 116 Å². The molecule has 1 aliphatic carbocycles. The first kappa shape index (κ1) is 15.3. The first-order valence-electron chi connectivity index (χ1n) is 6.82. The zero-order valence-electron chi connectivity index (χ0n) is 12.1. The van der Waals surface area contributed by atoms with Crippen LogP contribution in [-0.4, -0.2) is 51.4 Å². The molecule has 4 amide bonds. The molecule has 8 heteroatoms. The number of rotatable bonds is 5. The van der Waals surface area contributed by atoms with Crippen molar-refractivity contribution in [3.63, 3.8) is 0 Å². The first-order chi connectivity index (χ1) is 9.65. The van der Waals surface area contributed by atoms with Gasteiger partial charge in [0.2, 0.25) is 5.91 Å². The molecule has 0 aromatic carbocycles. The predicted octanol–water partition coefficient (Wildman–Crippen LogP) is -0.170. The van der Waals surface area contributed by atoms with Crippen LogP contribution in [0.5, 0.6) is 0 Å². The first-order valence-corrected chi connectivity index (χ1v) is 6.82. The number of urea groups is 1. The number of hydrogen-bond donors (Lipinski definition) is 3. The molecule has 3 N–H and O–H groups in total. The molecule has 1 aliphatic heterocycles. The quantitative estimate of drug-likeness (QED) is 0.609. The van der Waals surface area contributed by atoms with Crippen molar-refractivity contribution in [1.82, 2.24) is 15.5 Å². The zero-order valence-corrected chi connectivity index (χ0v) is 12.1. The average molecular weight is 297 g/mol. The van der Waals surface area contributed by atoms with E-state index in [1.165, 1.54) is 0 Å². The van der Waals surface area contributed by atoms with Gasteiger partial charge in [-0.05, 0) is 33.1 Å². The van der Waals surface area contributed by atoms with Crippen molar-refractivity contribution >= 4 is 23.8 Å². The highest BCUT2D eigenvalue weighted by Gasteiger charge is 2.46. The molecule has 2 rings (SSSR count). The van der Waals surface area contributed by atoms with Gasteiger partial charge in [-0.3, -0.25) is 19.3 Å². The van der Waals surface area contributed by atoms with Crippen LogP contribution in [0, 0.1) is 0 Å². The molecule has 8 nitrogen and oxygen atoms in total. The van der Waals surface area contributed by atoms with Crippen LogP contribution in [0.4, 0.5) is 4.79 Å². The summed E-state index contributed by atoms with van der Waals surface area (Å²) in [7, 11) is 0. The maximum absolute atomic E-state index is 12.0. The Hall–Kier alpha value is -2.12. The lowest BCUT2D eigenvalue weighted by Gasteiger charge is -2.41. The lowest BCUT2D eigenvalue weighted by atomic mass is 9.74. The van der Waals surface area contributed by atoms with E-state index in [1.807, 2.05) is 0 Å². The molecule has 0 unspecified atom stereocenters. The van der Waals surface area contributed by atoms with Gasteiger partial charge in [0, 0.05) is 0 Å². The Kier molecular flexibility index (Phi) is 3.65. The molecule has 1 saturated carbocycles. The lowest BCUT2D eigenvalue weighted by molar-refractivity contribution is -0.141. The number of hydrogen-bond acceptors (Lipinski definition) is 4. The van der Waals surface area contributed by atoms with Gasteiger partial charge in [-0.2, -0.15) is 0 Å². The van der Waals surface area contributed by atoms with Crippen LogP contribution in [0.3, 0.4) is 0 Å². The third-order valence-corrected chi connectivity index (χ3v) is 3.95. The molecular formula is C13H19N3O5. The van der Waals surface area contributed by atoms with Gasteiger partial charge < -0.3 is 15.7 Å². The predicted molar refractivity (Wildman–Crippen MR) is 71.3 cm³/mol. The maximum atomic E-state index is 12.0. The Balaban J connectivity index is 1.97. The number of nitrogens with one attached hydrogen (secondary N) is 2. The number of carbonyl (C=O) groups excluding carboxylic acids is 3. The van der Waals surface area contributed by atoms with E-state index in [1.54, 1.807) is 13.8 Å². The van der Waals surface area contributed by atoms with Crippen LogP contribution < -0.4 is 10.6 Å². The third-order valence-electron chi connectivity index (χ3n) is 3.95. The highest BCUT2D eigenvalue weighted by Crippen LogP contribution is 2.34. The third kappa shape index (κ3) is 2.98. The van der Waals surface area contributed by atoms with Crippen molar-refractivity contribution in [1.29, 1.82) is 0 Å². The number of carboxylic acids is 1. The monoisotopic (exact) mass is 297 g/mol. The van der Waals surface area contributed by atoms with Gasteiger partial charge in [0.25, 0.3) is 5.91 Å². The summed E-state index contributed by atoms with van der Waals surface area (Å²) >= 11 is 0. The summed E-state index contributed by atoms with van der Waals surface area (Å²) in [5.74, 6) is -1.97. The van der Waals surface area contributed by atoms with Crippen LogP contribution in [0.15, 0.2) is 0 Å². The fraction of sp³-hybridized carbons (Fsp3) is 0.692. The summed E-state index contributed by atoms with van der Waals surface area (Å²) in [4.78, 5) is 47.4. The van der Waals surface area contributed by atoms with Gasteiger partial charge in [0.1, 0.15) is 12.1 Å². The second-order valence-electron chi connectivity index (χ2n) is 6.20. The normalized spacial score (nSPS) is 22.5. The Morgan fingerprint density at radius 3 is 2.33 bits per heavy atom. The summed E-state index contributed by atoms with van der Waals surface area (Å²) in [6, 6.07) is -0.610. The van der Waals surface area contributed by atoms with Crippen LogP contribution in [0.25, 0.3) is 0 Å². The Morgan fingerprint density at radius 2 is 1.95 bits per heavy atom. The van der Waals surface area contributed by atoms with E-state index in [0.29, 0.717) is 12.8 Å². The van der Waals surface area contributed by atoms with E-state index < -0.39 is 41.4 Å². The molecule has 0 atom stereocenters. The summed E-state index contributed by atoms with van der Waals surface area (Å²) in [6.07, 6.45) is 1.89. The van der Waals surface area contributed by atoms with Crippen molar-refractivity contribution in [2.45, 2.75) is 50.6 Å². The van der Waals surface area contributed by atoms with Crippen molar-refractivity contribution in [3.8, 4) is 0 Å². The summed E-state index contributed by atoms with van der Waals surface area (Å²) in [5.41, 5.74) is -1.76. The second kappa shape index (κ2) is 5.01. The molecule has 0 aromatic rings. The van der Waals surface area contributed by atoms with Gasteiger partial charge in [-0.15, -0.1) is 0 Å². The number of imide groups is 1. The Labute approximate surface area is 121 Å². The molecule has 0 bridgehead atoms. The molecule has 1 heterocycles. The average Bonchev–Trinajstić information content (AvgIpc) is 2.48. The summed E-state index contributed by atoms with van der Waals surface area (Å²) < 4.78 is 0. The number of amides is 4. The highest BCUT2D eigenvalue weighted by molar-refractivity contribution is 6.08. The van der Waals surface area contributed by atoms with Gasteiger partial charge in [0.15, 0.2) is 0 Å². The number of carboxylic acid groups (broad SMARTS) is 1. The highest BCUT2D eigenvalue weighted by atomic mass is 16.4. The van der Waals surface area contributed by atoms with Gasteiger partial charge >= 0.3 is 12.0 Å². The minimum Gasteiger partial charge on any atom is -0.481 e. The minimum atomic E-state index is -1.02.